The fourth-order valence-corrected chi connectivity index (χ4v) is 6.92. The number of hydrogen-bond acceptors (Lipinski definition) is 13. The molecule has 1 atom stereocenters. The molecule has 2 aliphatic rings. The highest BCUT2D eigenvalue weighted by Gasteiger charge is 2.37. The van der Waals surface area contributed by atoms with E-state index in [0.29, 0.717) is 42.1 Å². The summed E-state index contributed by atoms with van der Waals surface area (Å²) < 4.78 is 61.8. The van der Waals surface area contributed by atoms with Gasteiger partial charge in [0, 0.05) is 32.3 Å². The van der Waals surface area contributed by atoms with Gasteiger partial charge in [-0.3, -0.25) is 27.9 Å². The van der Waals surface area contributed by atoms with E-state index >= 15 is 4.39 Å². The molecule has 0 N–H and O–H groups in total. The van der Waals surface area contributed by atoms with Crippen molar-refractivity contribution in [3.8, 4) is 0 Å². The van der Waals surface area contributed by atoms with Crippen molar-refractivity contribution in [2.24, 2.45) is 7.05 Å². The quantitative estimate of drug-likeness (QED) is 0.0598. The average molecular weight is 774 g/mol. The number of phosphoric ester groups is 1. The van der Waals surface area contributed by atoms with Gasteiger partial charge in [0.05, 0.1) is 62.1 Å². The second kappa shape index (κ2) is 18.5. The minimum atomic E-state index is -3.77. The van der Waals surface area contributed by atoms with E-state index in [4.69, 9.17) is 27.8 Å². The number of fused-ring (bicyclic) bond motifs is 1. The van der Waals surface area contributed by atoms with Crippen LogP contribution in [0.5, 0.6) is 0 Å². The van der Waals surface area contributed by atoms with E-state index < -0.39 is 50.6 Å². The standard InChI is InChI=1S/C36H45FN5O11P/c1-5-7-15-50-54(47,51-16-8-6-2)52-23-26-9-11-27(12-10-26)34(44)48-24-49-35(45)41(25(3)43)20-30-21-42(36(46)53-30)29-13-14-33(31(37)17-29)40-19-28-18-39(4)38-32(28)22-40/h9-14,17-18,30H,5-8,15-16,19-24H2,1-4H3/t30-/m0/s1. The Morgan fingerprint density at radius 2 is 1.70 bits per heavy atom. The largest absolute Gasteiger partial charge is 0.475 e. The molecule has 0 saturated carbocycles. The van der Waals surface area contributed by atoms with E-state index in [-0.39, 0.29) is 44.2 Å². The van der Waals surface area contributed by atoms with Crippen molar-refractivity contribution in [1.29, 1.82) is 0 Å². The van der Waals surface area contributed by atoms with Gasteiger partial charge in [0.25, 0.3) is 0 Å². The smallest absolute Gasteiger partial charge is 0.442 e. The lowest BCUT2D eigenvalue weighted by Crippen LogP contribution is -2.42. The van der Waals surface area contributed by atoms with Crippen LogP contribution in [0, 0.1) is 5.82 Å². The maximum Gasteiger partial charge on any atom is 0.475 e. The van der Waals surface area contributed by atoms with Crippen molar-refractivity contribution < 1.29 is 55.9 Å². The van der Waals surface area contributed by atoms with Crippen LogP contribution >= 0.6 is 7.82 Å². The number of unbranched alkanes of at least 4 members (excludes halogenated alkanes) is 2. The van der Waals surface area contributed by atoms with E-state index in [1.165, 1.54) is 23.1 Å². The summed E-state index contributed by atoms with van der Waals surface area (Å²) in [4.78, 5) is 54.3. The number of hydrogen-bond donors (Lipinski definition) is 0. The van der Waals surface area contributed by atoms with Crippen molar-refractivity contribution in [1.82, 2.24) is 14.7 Å². The van der Waals surface area contributed by atoms with Gasteiger partial charge >= 0.3 is 26.0 Å². The van der Waals surface area contributed by atoms with Crippen molar-refractivity contribution in [2.75, 3.05) is 42.9 Å². The van der Waals surface area contributed by atoms with Gasteiger partial charge in [-0.05, 0) is 48.7 Å². The summed E-state index contributed by atoms with van der Waals surface area (Å²) in [7, 11) is -1.94. The maximum atomic E-state index is 15.3. The summed E-state index contributed by atoms with van der Waals surface area (Å²) in [6, 6.07) is 10.5. The number of halogens is 1. The fourth-order valence-electron chi connectivity index (χ4n) is 5.68. The number of benzene rings is 2. The van der Waals surface area contributed by atoms with E-state index in [1.807, 2.05) is 32.0 Å². The monoisotopic (exact) mass is 773 g/mol. The predicted molar refractivity (Wildman–Crippen MR) is 192 cm³/mol. The number of ether oxygens (including phenoxy) is 3. The molecule has 3 amide bonds. The van der Waals surface area contributed by atoms with Crippen LogP contribution in [0.2, 0.25) is 0 Å². The van der Waals surface area contributed by atoms with Gasteiger partial charge in [0.2, 0.25) is 12.7 Å². The second-order valence-corrected chi connectivity index (χ2v) is 14.4. The lowest BCUT2D eigenvalue weighted by molar-refractivity contribution is -0.128. The summed E-state index contributed by atoms with van der Waals surface area (Å²) in [5.74, 6) is -2.05. The normalized spacial score (nSPS) is 15.3. The molecule has 5 rings (SSSR count). The van der Waals surface area contributed by atoms with E-state index in [1.54, 1.807) is 28.9 Å². The zero-order valence-corrected chi connectivity index (χ0v) is 31.6. The lowest BCUT2D eigenvalue weighted by atomic mass is 10.1. The van der Waals surface area contributed by atoms with Crippen LogP contribution in [0.15, 0.2) is 48.7 Å². The van der Waals surface area contributed by atoms with Crippen LogP contribution in [-0.2, 0) is 63.9 Å². The number of anilines is 2. The first-order valence-corrected chi connectivity index (χ1v) is 19.1. The van der Waals surface area contributed by atoms with Gasteiger partial charge in [-0.25, -0.2) is 28.2 Å². The van der Waals surface area contributed by atoms with Crippen molar-refractivity contribution in [3.05, 3.63) is 76.9 Å². The van der Waals surface area contributed by atoms with Crippen molar-refractivity contribution in [2.45, 2.75) is 72.3 Å². The highest BCUT2D eigenvalue weighted by Crippen LogP contribution is 2.50. The average Bonchev–Trinajstić information content (AvgIpc) is 3.82. The Hall–Kier alpha value is -4.83. The van der Waals surface area contributed by atoms with Crippen LogP contribution in [0.3, 0.4) is 0 Å². The summed E-state index contributed by atoms with van der Waals surface area (Å²) in [6.45, 7) is 5.19. The van der Waals surface area contributed by atoms with Gasteiger partial charge in [0.15, 0.2) is 0 Å². The van der Waals surface area contributed by atoms with Crippen molar-refractivity contribution in [3.63, 3.8) is 0 Å². The first-order chi connectivity index (χ1) is 25.9. The number of aromatic nitrogens is 2. The number of rotatable bonds is 18. The molecule has 54 heavy (non-hydrogen) atoms. The molecule has 1 fully saturated rings. The number of carbonyl (C=O) groups is 4. The summed E-state index contributed by atoms with van der Waals surface area (Å²) in [6.07, 6.45) is 2.16. The molecule has 0 radical (unpaired) electrons. The Bertz CT molecular complexity index is 1820. The molecule has 0 bridgehead atoms. The topological polar surface area (TPSA) is 168 Å². The molecular weight excluding hydrogens is 728 g/mol. The molecule has 0 unspecified atom stereocenters. The molecule has 2 aromatic carbocycles. The number of phosphoric acid groups is 1. The van der Waals surface area contributed by atoms with Gasteiger partial charge in [-0.2, -0.15) is 5.10 Å². The number of esters is 1. The minimum Gasteiger partial charge on any atom is -0.442 e. The van der Waals surface area contributed by atoms with Crippen LogP contribution in [-0.4, -0.2) is 77.9 Å². The Kier molecular flexibility index (Phi) is 13.8. The van der Waals surface area contributed by atoms with Crippen LogP contribution in [0.1, 0.15) is 73.6 Å². The first-order valence-electron chi connectivity index (χ1n) is 17.7. The zero-order valence-electron chi connectivity index (χ0n) is 30.7. The molecule has 18 heteroatoms. The summed E-state index contributed by atoms with van der Waals surface area (Å²) in [5.41, 5.74) is 3.22. The second-order valence-electron chi connectivity index (χ2n) is 12.8. The minimum absolute atomic E-state index is 0.0697. The summed E-state index contributed by atoms with van der Waals surface area (Å²) in [5, 5.41) is 4.39. The molecule has 0 aliphatic carbocycles. The predicted octanol–water partition coefficient (Wildman–Crippen LogP) is 6.46. The van der Waals surface area contributed by atoms with Crippen LogP contribution in [0.4, 0.5) is 25.4 Å². The third-order valence-electron chi connectivity index (χ3n) is 8.58. The number of aryl methyl sites for hydroxylation is 1. The highest BCUT2D eigenvalue weighted by molar-refractivity contribution is 7.48. The van der Waals surface area contributed by atoms with E-state index in [9.17, 15) is 23.7 Å². The first kappa shape index (κ1) is 40.4. The van der Waals surface area contributed by atoms with Gasteiger partial charge in [-0.15, -0.1) is 0 Å². The number of amides is 3. The van der Waals surface area contributed by atoms with Gasteiger partial charge in [0.1, 0.15) is 11.9 Å². The third-order valence-corrected chi connectivity index (χ3v) is 10.0. The Morgan fingerprint density at radius 1 is 1.00 bits per heavy atom. The fraction of sp³-hybridized carbons (Fsp3) is 0.472. The molecule has 0 spiro atoms. The Labute approximate surface area is 312 Å². The zero-order chi connectivity index (χ0) is 38.8. The molecule has 3 aromatic rings. The molecule has 16 nitrogen and oxygen atoms in total. The number of carbonyl (C=O) groups excluding carboxylic acids is 4. The number of imide groups is 1. The molecule has 1 saturated heterocycles. The SMILES string of the molecule is CCCCOP(=O)(OCCCC)OCc1ccc(C(=O)OCOC(=O)N(C[C@H]2CN(c3ccc(N4Cc5cn(C)nc5C4)c(F)c3)C(=O)O2)C(C)=O)cc1. The molecule has 2 aliphatic heterocycles. The lowest BCUT2D eigenvalue weighted by Gasteiger charge is -2.21. The molecular formula is C36H45FN5O11P. The third kappa shape index (κ3) is 10.4. The summed E-state index contributed by atoms with van der Waals surface area (Å²) >= 11 is 0. The van der Waals surface area contributed by atoms with Crippen molar-refractivity contribution >= 4 is 43.3 Å². The molecule has 1 aromatic heterocycles. The molecule has 292 valence electrons. The Morgan fingerprint density at radius 3 is 2.33 bits per heavy atom. The molecule has 3 heterocycles. The Balaban J connectivity index is 1.08. The number of nitrogens with zero attached hydrogens (tertiary/aromatic N) is 5. The number of cyclic esters (lactones) is 1. The van der Waals surface area contributed by atoms with Gasteiger partial charge < -0.3 is 19.1 Å². The highest BCUT2D eigenvalue weighted by atomic mass is 31.2. The van der Waals surface area contributed by atoms with E-state index in [2.05, 4.69) is 5.10 Å². The maximum absolute atomic E-state index is 15.3. The van der Waals surface area contributed by atoms with Crippen LogP contribution in [0.25, 0.3) is 0 Å². The van der Waals surface area contributed by atoms with E-state index in [0.717, 1.165) is 31.0 Å². The van der Waals surface area contributed by atoms with Crippen LogP contribution < -0.4 is 9.80 Å². The van der Waals surface area contributed by atoms with Gasteiger partial charge in [-0.1, -0.05) is 38.8 Å².